The molecule has 152 valence electrons. The highest BCUT2D eigenvalue weighted by Crippen LogP contribution is 2.16. The van der Waals surface area contributed by atoms with Gasteiger partial charge >= 0.3 is 11.9 Å². The molecule has 1 unspecified atom stereocenters. The van der Waals surface area contributed by atoms with Gasteiger partial charge in [0, 0.05) is 0 Å². The zero-order valence-electron chi connectivity index (χ0n) is 17.1. The van der Waals surface area contributed by atoms with Gasteiger partial charge in [-0.25, -0.2) is 9.59 Å². The molecule has 0 aromatic heterocycles. The van der Waals surface area contributed by atoms with Crippen LogP contribution in [0.3, 0.4) is 0 Å². The van der Waals surface area contributed by atoms with Crippen LogP contribution in [0, 0.1) is 0 Å². The molecule has 1 aromatic carbocycles. The quantitative estimate of drug-likeness (QED) is 0.269. The summed E-state index contributed by atoms with van der Waals surface area (Å²) < 4.78 is 5.58. The molecular formula is C22H35NO4. The van der Waals surface area contributed by atoms with Crippen molar-refractivity contribution in [1.82, 2.24) is 4.90 Å². The van der Waals surface area contributed by atoms with Gasteiger partial charge in [0.2, 0.25) is 0 Å². The summed E-state index contributed by atoms with van der Waals surface area (Å²) in [6.07, 6.45) is 11.6. The molecule has 0 aliphatic heterocycles. The Morgan fingerprint density at radius 1 is 0.926 bits per heavy atom. The maximum atomic E-state index is 12.4. The van der Waals surface area contributed by atoms with Gasteiger partial charge in [0.15, 0.2) is 6.23 Å². The molecule has 1 N–H and O–H groups in total. The number of unbranched alkanes of at least 4 members (excludes halogenated alkanes) is 8. The minimum Gasteiger partial charge on any atom is -0.478 e. The molecule has 0 saturated heterocycles. The van der Waals surface area contributed by atoms with E-state index in [1.807, 2.05) is 19.0 Å². The van der Waals surface area contributed by atoms with Crippen molar-refractivity contribution in [3.05, 3.63) is 35.4 Å². The maximum Gasteiger partial charge on any atom is 0.340 e. The van der Waals surface area contributed by atoms with Gasteiger partial charge in [0.05, 0.1) is 11.1 Å². The van der Waals surface area contributed by atoms with Crippen LogP contribution in [0.1, 0.15) is 91.8 Å². The molecule has 1 atom stereocenters. The number of esters is 1. The van der Waals surface area contributed by atoms with Gasteiger partial charge in [-0.05, 0) is 39.1 Å². The van der Waals surface area contributed by atoms with Crippen molar-refractivity contribution in [2.24, 2.45) is 0 Å². The molecule has 0 aliphatic carbocycles. The fourth-order valence-electron chi connectivity index (χ4n) is 3.09. The van der Waals surface area contributed by atoms with Crippen LogP contribution in [-0.2, 0) is 4.74 Å². The first-order valence-electron chi connectivity index (χ1n) is 10.2. The average molecular weight is 378 g/mol. The van der Waals surface area contributed by atoms with Crippen LogP contribution in [0.5, 0.6) is 0 Å². The number of hydrogen-bond acceptors (Lipinski definition) is 4. The van der Waals surface area contributed by atoms with Gasteiger partial charge in [-0.1, -0.05) is 70.4 Å². The van der Waals surface area contributed by atoms with Crippen LogP contribution in [0.25, 0.3) is 0 Å². The molecule has 27 heavy (non-hydrogen) atoms. The van der Waals surface area contributed by atoms with Gasteiger partial charge < -0.3 is 9.84 Å². The number of hydrogen-bond donors (Lipinski definition) is 1. The SMILES string of the molecule is CCCCCCCCCCCC(OC(=O)c1ccccc1C(=O)O)N(C)C. The predicted octanol–water partition coefficient (Wildman–Crippen LogP) is 5.35. The minimum absolute atomic E-state index is 0.0249. The first-order valence-corrected chi connectivity index (χ1v) is 10.2. The Hall–Kier alpha value is -1.88. The number of ether oxygens (including phenoxy) is 1. The largest absolute Gasteiger partial charge is 0.478 e. The minimum atomic E-state index is -1.12. The Morgan fingerprint density at radius 3 is 1.96 bits per heavy atom. The second-order valence-electron chi connectivity index (χ2n) is 7.29. The highest BCUT2D eigenvalue weighted by Gasteiger charge is 2.22. The van der Waals surface area contributed by atoms with E-state index in [-0.39, 0.29) is 17.4 Å². The highest BCUT2D eigenvalue weighted by atomic mass is 16.6. The molecule has 0 spiro atoms. The highest BCUT2D eigenvalue weighted by molar-refractivity contribution is 6.02. The van der Waals surface area contributed by atoms with E-state index >= 15 is 0 Å². The number of rotatable bonds is 14. The van der Waals surface area contributed by atoms with Gasteiger partial charge in [-0.3, -0.25) is 4.90 Å². The Morgan fingerprint density at radius 2 is 1.44 bits per heavy atom. The van der Waals surface area contributed by atoms with E-state index in [1.165, 1.54) is 57.1 Å². The molecule has 0 fully saturated rings. The van der Waals surface area contributed by atoms with Crippen LogP contribution in [0.4, 0.5) is 0 Å². The van der Waals surface area contributed by atoms with Crippen LogP contribution < -0.4 is 0 Å². The van der Waals surface area contributed by atoms with Crippen molar-refractivity contribution in [3.63, 3.8) is 0 Å². The van der Waals surface area contributed by atoms with Crippen molar-refractivity contribution < 1.29 is 19.4 Å². The zero-order chi connectivity index (χ0) is 20.1. The van der Waals surface area contributed by atoms with Crippen molar-refractivity contribution >= 4 is 11.9 Å². The van der Waals surface area contributed by atoms with E-state index in [0.29, 0.717) is 0 Å². The molecule has 0 saturated carbocycles. The van der Waals surface area contributed by atoms with Crippen molar-refractivity contribution in [2.75, 3.05) is 14.1 Å². The summed E-state index contributed by atoms with van der Waals surface area (Å²) >= 11 is 0. The third kappa shape index (κ3) is 9.05. The number of carbonyl (C=O) groups is 2. The van der Waals surface area contributed by atoms with Gasteiger partial charge in [0.1, 0.15) is 0 Å². The first kappa shape index (κ1) is 23.2. The number of benzene rings is 1. The van der Waals surface area contributed by atoms with E-state index < -0.39 is 11.9 Å². The summed E-state index contributed by atoms with van der Waals surface area (Å²) in [4.78, 5) is 25.6. The van der Waals surface area contributed by atoms with Crippen LogP contribution in [0.15, 0.2) is 24.3 Å². The molecule has 0 bridgehead atoms. The standard InChI is InChI=1S/C22H35NO4/c1-4-5-6-7-8-9-10-11-12-17-20(23(2)3)27-22(26)19-16-14-13-15-18(19)21(24)25/h13-16,20H,4-12,17H2,1-3H3,(H,24,25). The molecule has 0 heterocycles. The van der Waals surface area contributed by atoms with Crippen molar-refractivity contribution in [2.45, 2.75) is 77.4 Å². The second-order valence-corrected chi connectivity index (χ2v) is 7.29. The first-order chi connectivity index (χ1) is 13.0. The van der Waals surface area contributed by atoms with Gasteiger partial charge in [-0.15, -0.1) is 0 Å². The average Bonchev–Trinajstić information content (AvgIpc) is 2.65. The van der Waals surface area contributed by atoms with E-state index in [2.05, 4.69) is 6.92 Å². The summed E-state index contributed by atoms with van der Waals surface area (Å²) in [5.74, 6) is -1.70. The van der Waals surface area contributed by atoms with E-state index in [0.717, 1.165) is 19.3 Å². The zero-order valence-corrected chi connectivity index (χ0v) is 17.1. The summed E-state index contributed by atoms with van der Waals surface area (Å²) in [6, 6.07) is 6.17. The monoisotopic (exact) mass is 377 g/mol. The number of carbonyl (C=O) groups excluding carboxylic acids is 1. The third-order valence-corrected chi connectivity index (χ3v) is 4.75. The lowest BCUT2D eigenvalue weighted by Crippen LogP contribution is -2.33. The topological polar surface area (TPSA) is 66.8 Å². The van der Waals surface area contributed by atoms with Crippen LogP contribution in [-0.4, -0.2) is 42.3 Å². The lowest BCUT2D eigenvalue weighted by Gasteiger charge is -2.24. The summed E-state index contributed by atoms with van der Waals surface area (Å²) in [6.45, 7) is 2.23. The molecule has 5 heteroatoms. The second kappa shape index (κ2) is 13.3. The fraction of sp³-hybridized carbons (Fsp3) is 0.636. The molecular weight excluding hydrogens is 342 g/mol. The summed E-state index contributed by atoms with van der Waals surface area (Å²) in [5.41, 5.74) is 0.0759. The molecule has 5 nitrogen and oxygen atoms in total. The number of aromatic carboxylic acids is 1. The van der Waals surface area contributed by atoms with E-state index in [1.54, 1.807) is 12.1 Å². The third-order valence-electron chi connectivity index (χ3n) is 4.75. The molecule has 0 radical (unpaired) electrons. The Kier molecular flexibility index (Phi) is 11.4. The lowest BCUT2D eigenvalue weighted by atomic mass is 10.1. The fourth-order valence-corrected chi connectivity index (χ4v) is 3.09. The Bertz CT molecular complexity index is 571. The smallest absolute Gasteiger partial charge is 0.340 e. The molecule has 1 rings (SSSR count). The predicted molar refractivity (Wildman–Crippen MR) is 108 cm³/mol. The van der Waals surface area contributed by atoms with E-state index in [9.17, 15) is 14.7 Å². The van der Waals surface area contributed by atoms with Gasteiger partial charge in [0.25, 0.3) is 0 Å². The maximum absolute atomic E-state index is 12.4. The Balaban J connectivity index is 2.40. The van der Waals surface area contributed by atoms with Crippen molar-refractivity contribution in [1.29, 1.82) is 0 Å². The normalized spacial score (nSPS) is 12.1. The summed E-state index contributed by atoms with van der Waals surface area (Å²) in [7, 11) is 3.74. The lowest BCUT2D eigenvalue weighted by molar-refractivity contribution is -0.0189. The summed E-state index contributed by atoms with van der Waals surface area (Å²) in [5, 5.41) is 9.23. The number of nitrogens with zero attached hydrogens (tertiary/aromatic N) is 1. The van der Waals surface area contributed by atoms with Crippen molar-refractivity contribution in [3.8, 4) is 0 Å². The molecule has 1 aromatic rings. The van der Waals surface area contributed by atoms with Crippen LogP contribution in [0.2, 0.25) is 0 Å². The Labute approximate surface area is 163 Å². The van der Waals surface area contributed by atoms with E-state index in [4.69, 9.17) is 4.74 Å². The number of carboxylic acids is 1. The number of carboxylic acid groups (broad SMARTS) is 1. The molecule has 0 aliphatic rings. The van der Waals surface area contributed by atoms with Gasteiger partial charge in [-0.2, -0.15) is 0 Å². The van der Waals surface area contributed by atoms with Crippen LogP contribution >= 0.6 is 0 Å². The molecule has 0 amide bonds.